The molecule has 3 aromatic rings. The second kappa shape index (κ2) is 7.80. The Morgan fingerprint density at radius 2 is 2.24 bits per heavy atom. The van der Waals surface area contributed by atoms with Crippen molar-refractivity contribution in [2.75, 3.05) is 13.2 Å². The van der Waals surface area contributed by atoms with Crippen molar-refractivity contribution < 1.29 is 14.3 Å². The first-order chi connectivity index (χ1) is 12.1. The first kappa shape index (κ1) is 17.6. The van der Waals surface area contributed by atoms with Crippen LogP contribution in [0.15, 0.2) is 35.0 Å². The third kappa shape index (κ3) is 4.27. The Morgan fingerprint density at radius 1 is 1.40 bits per heavy atom. The van der Waals surface area contributed by atoms with Crippen molar-refractivity contribution in [1.29, 1.82) is 0 Å². The van der Waals surface area contributed by atoms with Crippen LogP contribution >= 0.6 is 11.3 Å². The molecule has 0 aliphatic heterocycles. The fourth-order valence-electron chi connectivity index (χ4n) is 3.01. The van der Waals surface area contributed by atoms with E-state index >= 15 is 0 Å². The van der Waals surface area contributed by atoms with Gasteiger partial charge >= 0.3 is 0 Å². The summed E-state index contributed by atoms with van der Waals surface area (Å²) in [5.41, 5.74) is 3.67. The van der Waals surface area contributed by atoms with Crippen LogP contribution in [0.4, 0.5) is 4.39 Å². The van der Waals surface area contributed by atoms with Crippen molar-refractivity contribution in [2.45, 2.75) is 19.8 Å². The largest absolute Gasteiger partial charge is 0.396 e. The number of aromatic nitrogens is 1. The third-order valence-corrected chi connectivity index (χ3v) is 5.10. The number of carbonyl (C=O) groups is 1. The van der Waals surface area contributed by atoms with Crippen LogP contribution in [-0.4, -0.2) is 29.1 Å². The molecule has 0 saturated carbocycles. The van der Waals surface area contributed by atoms with Gasteiger partial charge in [-0.3, -0.25) is 4.79 Å². The predicted molar refractivity (Wildman–Crippen MR) is 98.3 cm³/mol. The van der Waals surface area contributed by atoms with Crippen LogP contribution in [0.1, 0.15) is 16.8 Å². The maximum atomic E-state index is 13.5. The van der Waals surface area contributed by atoms with Crippen LogP contribution in [0.5, 0.6) is 0 Å². The number of amides is 1. The lowest BCUT2D eigenvalue weighted by atomic mass is 10.0. The number of hydrogen-bond donors (Lipinski definition) is 3. The Morgan fingerprint density at radius 3 is 2.96 bits per heavy atom. The van der Waals surface area contributed by atoms with Gasteiger partial charge in [0, 0.05) is 35.7 Å². The van der Waals surface area contributed by atoms with Crippen LogP contribution in [-0.2, 0) is 17.6 Å². The van der Waals surface area contributed by atoms with E-state index in [9.17, 15) is 14.3 Å². The number of thiophene rings is 1. The molecule has 0 bridgehead atoms. The van der Waals surface area contributed by atoms with Gasteiger partial charge in [0.2, 0.25) is 5.91 Å². The molecule has 0 radical (unpaired) electrons. The normalized spacial score (nSPS) is 12.4. The van der Waals surface area contributed by atoms with E-state index in [-0.39, 0.29) is 30.7 Å². The number of H-pyrrole nitrogens is 1. The van der Waals surface area contributed by atoms with E-state index in [0.29, 0.717) is 6.54 Å². The number of fused-ring (bicyclic) bond motifs is 1. The zero-order chi connectivity index (χ0) is 17.8. The summed E-state index contributed by atoms with van der Waals surface area (Å²) in [6, 6.07) is 6.56. The van der Waals surface area contributed by atoms with Crippen molar-refractivity contribution in [2.24, 2.45) is 5.92 Å². The fourth-order valence-corrected chi connectivity index (χ4v) is 3.69. The van der Waals surface area contributed by atoms with Crippen molar-refractivity contribution >= 4 is 28.1 Å². The van der Waals surface area contributed by atoms with Gasteiger partial charge in [-0.15, -0.1) is 0 Å². The minimum Gasteiger partial charge on any atom is -0.396 e. The topological polar surface area (TPSA) is 65.1 Å². The predicted octanol–water partition coefficient (Wildman–Crippen LogP) is 3.19. The summed E-state index contributed by atoms with van der Waals surface area (Å²) in [6.45, 7) is 2.32. The summed E-state index contributed by atoms with van der Waals surface area (Å²) < 4.78 is 13.5. The van der Waals surface area contributed by atoms with Gasteiger partial charge in [-0.1, -0.05) is 0 Å². The first-order valence-electron chi connectivity index (χ1n) is 8.22. The number of hydrogen-bond acceptors (Lipinski definition) is 3. The summed E-state index contributed by atoms with van der Waals surface area (Å²) in [6.07, 6.45) is 0.920. The standard InChI is InChI=1S/C19H21FN2O2S/c1-12-16(17-7-15(20)2-3-18(17)22-12)8-19(24)21-9-14(10-23)6-13-4-5-25-11-13/h2-5,7,11,14,22-23H,6,8-10H2,1H3,(H,21,24)/t14-/m0/s1. The van der Waals surface area contributed by atoms with E-state index < -0.39 is 0 Å². The highest BCUT2D eigenvalue weighted by Gasteiger charge is 2.15. The molecule has 0 aliphatic rings. The monoisotopic (exact) mass is 360 g/mol. The number of aryl methyl sites for hydroxylation is 1. The highest BCUT2D eigenvalue weighted by Crippen LogP contribution is 2.23. The Balaban J connectivity index is 1.62. The molecule has 0 fully saturated rings. The molecule has 2 aromatic heterocycles. The van der Waals surface area contributed by atoms with Crippen molar-refractivity contribution in [3.63, 3.8) is 0 Å². The molecule has 3 rings (SSSR count). The highest BCUT2D eigenvalue weighted by molar-refractivity contribution is 7.07. The maximum Gasteiger partial charge on any atom is 0.224 e. The van der Waals surface area contributed by atoms with Crippen LogP contribution in [0.25, 0.3) is 10.9 Å². The molecule has 3 N–H and O–H groups in total. The summed E-state index contributed by atoms with van der Waals surface area (Å²) in [5.74, 6) is -0.457. The second-order valence-electron chi connectivity index (χ2n) is 6.28. The second-order valence-corrected chi connectivity index (χ2v) is 7.06. The summed E-state index contributed by atoms with van der Waals surface area (Å²) in [7, 11) is 0. The van der Waals surface area contributed by atoms with E-state index in [1.165, 1.54) is 17.7 Å². The average molecular weight is 360 g/mol. The highest BCUT2D eigenvalue weighted by atomic mass is 32.1. The van der Waals surface area contributed by atoms with Gasteiger partial charge in [0.1, 0.15) is 5.82 Å². The number of aliphatic hydroxyl groups is 1. The number of aliphatic hydroxyl groups excluding tert-OH is 1. The van der Waals surface area contributed by atoms with Crippen LogP contribution < -0.4 is 5.32 Å². The minimum absolute atomic E-state index is 0.0138. The Labute approximate surface area is 149 Å². The number of aromatic amines is 1. The molecule has 6 heteroatoms. The first-order valence-corrected chi connectivity index (χ1v) is 9.16. The number of carbonyl (C=O) groups excluding carboxylic acids is 1. The molecule has 132 valence electrons. The molecule has 0 aliphatic carbocycles. The molecular formula is C19H21FN2O2S. The smallest absolute Gasteiger partial charge is 0.224 e. The van der Waals surface area contributed by atoms with Gasteiger partial charge in [-0.05, 0) is 59.5 Å². The van der Waals surface area contributed by atoms with Gasteiger partial charge in [0.15, 0.2) is 0 Å². The Hall–Kier alpha value is -2.18. The van der Waals surface area contributed by atoms with Crippen molar-refractivity contribution in [3.05, 3.63) is 57.7 Å². The van der Waals surface area contributed by atoms with E-state index in [1.807, 2.05) is 23.8 Å². The van der Waals surface area contributed by atoms with Crippen molar-refractivity contribution in [3.8, 4) is 0 Å². The number of rotatable bonds is 7. The van der Waals surface area contributed by atoms with Crippen LogP contribution in [0.2, 0.25) is 0 Å². The summed E-state index contributed by atoms with van der Waals surface area (Å²) in [4.78, 5) is 15.5. The maximum absolute atomic E-state index is 13.5. The van der Waals surface area contributed by atoms with E-state index in [4.69, 9.17) is 0 Å². The number of halogens is 1. The molecular weight excluding hydrogens is 339 g/mol. The van der Waals surface area contributed by atoms with Gasteiger partial charge < -0.3 is 15.4 Å². The molecule has 0 saturated heterocycles. The molecule has 0 unspecified atom stereocenters. The van der Waals surface area contributed by atoms with E-state index in [2.05, 4.69) is 10.3 Å². The molecule has 1 atom stereocenters. The number of nitrogens with one attached hydrogen (secondary N) is 2. The molecule has 1 aromatic carbocycles. The van der Waals surface area contributed by atoms with Crippen LogP contribution in [0.3, 0.4) is 0 Å². The van der Waals surface area contributed by atoms with E-state index in [0.717, 1.165) is 28.6 Å². The molecule has 25 heavy (non-hydrogen) atoms. The van der Waals surface area contributed by atoms with Gasteiger partial charge in [-0.25, -0.2) is 4.39 Å². The lowest BCUT2D eigenvalue weighted by Gasteiger charge is -2.14. The number of benzene rings is 1. The summed E-state index contributed by atoms with van der Waals surface area (Å²) >= 11 is 1.62. The Bertz CT molecular complexity index is 858. The third-order valence-electron chi connectivity index (χ3n) is 4.37. The zero-order valence-corrected chi connectivity index (χ0v) is 14.8. The molecule has 4 nitrogen and oxygen atoms in total. The molecule has 1 amide bonds. The SMILES string of the molecule is Cc1[nH]c2ccc(F)cc2c1CC(=O)NC[C@@H](CO)Cc1ccsc1. The molecule has 0 spiro atoms. The Kier molecular flexibility index (Phi) is 5.50. The average Bonchev–Trinajstić information content (AvgIpc) is 3.20. The van der Waals surface area contributed by atoms with Crippen LogP contribution in [0, 0.1) is 18.7 Å². The quantitative estimate of drug-likeness (QED) is 0.606. The van der Waals surface area contributed by atoms with E-state index in [1.54, 1.807) is 17.4 Å². The minimum atomic E-state index is -0.315. The zero-order valence-electron chi connectivity index (χ0n) is 14.0. The molecule has 2 heterocycles. The van der Waals surface area contributed by atoms with Crippen molar-refractivity contribution in [1.82, 2.24) is 10.3 Å². The van der Waals surface area contributed by atoms with Gasteiger partial charge in [-0.2, -0.15) is 11.3 Å². The summed E-state index contributed by atoms with van der Waals surface area (Å²) in [5, 5.41) is 17.2. The van der Waals surface area contributed by atoms with Gasteiger partial charge in [0.25, 0.3) is 0 Å². The fraction of sp³-hybridized carbons (Fsp3) is 0.316. The lowest BCUT2D eigenvalue weighted by Crippen LogP contribution is -2.32. The lowest BCUT2D eigenvalue weighted by molar-refractivity contribution is -0.120. The van der Waals surface area contributed by atoms with Gasteiger partial charge in [0.05, 0.1) is 6.42 Å².